The number of nitrogens with one attached hydrogen (secondary N) is 1. The summed E-state index contributed by atoms with van der Waals surface area (Å²) in [4.78, 5) is 0. The zero-order chi connectivity index (χ0) is 17.8. The van der Waals surface area contributed by atoms with Gasteiger partial charge in [0.1, 0.15) is 5.76 Å². The maximum absolute atomic E-state index is 6.25. The lowest BCUT2D eigenvalue weighted by Crippen LogP contribution is -2.32. The molecule has 2 nitrogen and oxygen atoms in total. The van der Waals surface area contributed by atoms with Gasteiger partial charge in [0, 0.05) is 22.7 Å². The number of benzene rings is 1. The third-order valence-electron chi connectivity index (χ3n) is 5.47. The van der Waals surface area contributed by atoms with E-state index in [1.165, 1.54) is 24.0 Å². The van der Waals surface area contributed by atoms with Gasteiger partial charge in [0.2, 0.25) is 0 Å². The summed E-state index contributed by atoms with van der Waals surface area (Å²) in [5.74, 6) is 2.00. The Balaban J connectivity index is 1.88. The molecule has 0 saturated carbocycles. The summed E-state index contributed by atoms with van der Waals surface area (Å²) in [6.07, 6.45) is 2.37. The molecule has 2 aromatic rings. The minimum atomic E-state index is 0.112. The molecule has 0 aliphatic heterocycles. The molecular weight excluding hydrogens is 294 g/mol. The van der Waals surface area contributed by atoms with Crippen LogP contribution in [0.5, 0.6) is 0 Å². The lowest BCUT2D eigenvalue weighted by molar-refractivity contribution is 0.280. The predicted octanol–water partition coefficient (Wildman–Crippen LogP) is 6.67. The van der Waals surface area contributed by atoms with Crippen LogP contribution in [0.4, 0.5) is 11.6 Å². The minimum Gasteiger partial charge on any atom is -0.445 e. The molecule has 0 radical (unpaired) electrons. The second kappa shape index (κ2) is 5.40. The van der Waals surface area contributed by atoms with Gasteiger partial charge in [0.25, 0.3) is 0 Å². The van der Waals surface area contributed by atoms with E-state index in [1.807, 2.05) is 0 Å². The first-order valence-electron chi connectivity index (χ1n) is 9.01. The molecule has 1 aromatic carbocycles. The SMILES string of the molecule is CC(C)(C)c1ccc(Nc2cc3c(o2)C(C)(C)CCC3(C)C)cc1. The molecule has 0 amide bonds. The molecule has 0 saturated heterocycles. The first kappa shape index (κ1) is 17.1. The maximum Gasteiger partial charge on any atom is 0.197 e. The smallest absolute Gasteiger partial charge is 0.197 e. The molecule has 1 heterocycles. The summed E-state index contributed by atoms with van der Waals surface area (Å²) < 4.78 is 6.25. The predicted molar refractivity (Wildman–Crippen MR) is 102 cm³/mol. The van der Waals surface area contributed by atoms with E-state index in [0.717, 1.165) is 17.3 Å². The standard InChI is InChI=1S/C22H31NO/c1-20(2,3)15-8-10-16(11-9-15)23-18-14-17-19(24-18)22(6,7)13-12-21(17,4)5/h8-11,14,23H,12-13H2,1-7H3. The lowest BCUT2D eigenvalue weighted by atomic mass is 9.66. The number of anilines is 2. The van der Waals surface area contributed by atoms with Crippen molar-refractivity contribution in [3.05, 3.63) is 47.2 Å². The molecule has 0 spiro atoms. The normalized spacial score (nSPS) is 19.0. The Morgan fingerprint density at radius 1 is 0.917 bits per heavy atom. The van der Waals surface area contributed by atoms with Gasteiger partial charge in [-0.15, -0.1) is 0 Å². The van der Waals surface area contributed by atoms with Crippen molar-refractivity contribution in [3.8, 4) is 0 Å². The molecule has 3 rings (SSSR count). The van der Waals surface area contributed by atoms with Crippen molar-refractivity contribution >= 4 is 11.6 Å². The van der Waals surface area contributed by atoms with Crippen LogP contribution in [0.15, 0.2) is 34.7 Å². The van der Waals surface area contributed by atoms with Crippen LogP contribution in [0.2, 0.25) is 0 Å². The zero-order valence-electron chi connectivity index (χ0n) is 16.2. The molecule has 1 aromatic heterocycles. The van der Waals surface area contributed by atoms with E-state index in [9.17, 15) is 0 Å². The number of hydrogen-bond acceptors (Lipinski definition) is 2. The fraction of sp³-hybridized carbons (Fsp3) is 0.545. The van der Waals surface area contributed by atoms with Crippen LogP contribution in [0, 0.1) is 0 Å². The molecule has 0 fully saturated rings. The fourth-order valence-corrected chi connectivity index (χ4v) is 3.53. The molecule has 0 bridgehead atoms. The van der Waals surface area contributed by atoms with Crippen molar-refractivity contribution < 1.29 is 4.42 Å². The molecule has 130 valence electrons. The summed E-state index contributed by atoms with van der Waals surface area (Å²) in [6, 6.07) is 10.9. The summed E-state index contributed by atoms with van der Waals surface area (Å²) in [5.41, 5.74) is 4.24. The molecule has 0 unspecified atom stereocenters. The van der Waals surface area contributed by atoms with Gasteiger partial charge in [-0.05, 0) is 41.4 Å². The second-order valence-electron chi connectivity index (χ2n) is 9.57. The van der Waals surface area contributed by atoms with Crippen molar-refractivity contribution in [1.82, 2.24) is 0 Å². The van der Waals surface area contributed by atoms with Gasteiger partial charge in [-0.3, -0.25) is 0 Å². The third-order valence-corrected chi connectivity index (χ3v) is 5.47. The Labute approximate surface area is 146 Å². The van der Waals surface area contributed by atoms with Crippen molar-refractivity contribution in [3.63, 3.8) is 0 Å². The third kappa shape index (κ3) is 3.11. The largest absolute Gasteiger partial charge is 0.445 e. The van der Waals surface area contributed by atoms with E-state index in [0.29, 0.717) is 0 Å². The van der Waals surface area contributed by atoms with Crippen molar-refractivity contribution in [2.75, 3.05) is 5.32 Å². The van der Waals surface area contributed by atoms with E-state index in [1.54, 1.807) is 0 Å². The van der Waals surface area contributed by atoms with Gasteiger partial charge in [-0.2, -0.15) is 0 Å². The van der Waals surface area contributed by atoms with Gasteiger partial charge in [-0.1, -0.05) is 60.6 Å². The van der Waals surface area contributed by atoms with Gasteiger partial charge in [0.05, 0.1) is 0 Å². The molecule has 1 N–H and O–H groups in total. The van der Waals surface area contributed by atoms with Crippen molar-refractivity contribution in [1.29, 1.82) is 0 Å². The Morgan fingerprint density at radius 3 is 2.04 bits per heavy atom. The highest BCUT2D eigenvalue weighted by Gasteiger charge is 2.40. The van der Waals surface area contributed by atoms with E-state index < -0.39 is 0 Å². The van der Waals surface area contributed by atoms with Crippen molar-refractivity contribution in [2.24, 2.45) is 0 Å². The van der Waals surface area contributed by atoms with Gasteiger partial charge in [-0.25, -0.2) is 0 Å². The van der Waals surface area contributed by atoms with E-state index in [2.05, 4.69) is 84.1 Å². The number of fused-ring (bicyclic) bond motifs is 1. The first-order valence-corrected chi connectivity index (χ1v) is 9.01. The van der Waals surface area contributed by atoms with Gasteiger partial charge < -0.3 is 9.73 Å². The van der Waals surface area contributed by atoms with Crippen LogP contribution >= 0.6 is 0 Å². The van der Waals surface area contributed by atoms with Crippen molar-refractivity contribution in [2.45, 2.75) is 77.6 Å². The summed E-state index contributed by atoms with van der Waals surface area (Å²) in [7, 11) is 0. The monoisotopic (exact) mass is 325 g/mol. The summed E-state index contributed by atoms with van der Waals surface area (Å²) in [6.45, 7) is 15.9. The Kier molecular flexibility index (Phi) is 3.86. The molecule has 0 atom stereocenters. The Bertz CT molecular complexity index is 693. The Hall–Kier alpha value is -1.70. The van der Waals surface area contributed by atoms with Gasteiger partial charge >= 0.3 is 0 Å². The molecule has 1 aliphatic carbocycles. The van der Waals surface area contributed by atoms with Gasteiger partial charge in [0.15, 0.2) is 5.88 Å². The van der Waals surface area contributed by atoms with E-state index >= 15 is 0 Å². The zero-order valence-corrected chi connectivity index (χ0v) is 16.2. The lowest BCUT2D eigenvalue weighted by Gasteiger charge is -2.37. The van der Waals surface area contributed by atoms with Crippen LogP contribution in [-0.4, -0.2) is 0 Å². The van der Waals surface area contributed by atoms with Crippen LogP contribution in [0.1, 0.15) is 78.2 Å². The highest BCUT2D eigenvalue weighted by Crippen LogP contribution is 2.48. The highest BCUT2D eigenvalue weighted by atomic mass is 16.4. The van der Waals surface area contributed by atoms with E-state index in [4.69, 9.17) is 4.42 Å². The average Bonchev–Trinajstić information content (AvgIpc) is 2.90. The second-order valence-corrected chi connectivity index (χ2v) is 9.57. The van der Waals surface area contributed by atoms with Crippen LogP contribution in [0.3, 0.4) is 0 Å². The maximum atomic E-state index is 6.25. The summed E-state index contributed by atoms with van der Waals surface area (Å²) >= 11 is 0. The molecule has 2 heteroatoms. The first-order chi connectivity index (χ1) is 11.0. The summed E-state index contributed by atoms with van der Waals surface area (Å²) in [5, 5.41) is 3.45. The number of furan rings is 1. The van der Waals surface area contributed by atoms with Crippen LogP contribution in [0.25, 0.3) is 0 Å². The molecule has 24 heavy (non-hydrogen) atoms. The average molecular weight is 325 g/mol. The van der Waals surface area contributed by atoms with Crippen LogP contribution in [-0.2, 0) is 16.2 Å². The van der Waals surface area contributed by atoms with Crippen LogP contribution < -0.4 is 5.32 Å². The topological polar surface area (TPSA) is 25.2 Å². The quantitative estimate of drug-likeness (QED) is 0.667. The Morgan fingerprint density at radius 2 is 1.50 bits per heavy atom. The molecule has 1 aliphatic rings. The van der Waals surface area contributed by atoms with E-state index in [-0.39, 0.29) is 16.2 Å². The highest BCUT2D eigenvalue weighted by molar-refractivity contribution is 5.58. The fourth-order valence-electron chi connectivity index (χ4n) is 3.53. The number of rotatable bonds is 2. The molecular formula is C22H31NO. The minimum absolute atomic E-state index is 0.112. The number of hydrogen-bond donors (Lipinski definition) is 1.